The van der Waals surface area contributed by atoms with Crippen molar-refractivity contribution in [3.63, 3.8) is 0 Å². The normalized spacial score (nSPS) is 11.4. The van der Waals surface area contributed by atoms with Crippen LogP contribution < -0.4 is 16.6 Å². The number of hydrazine groups is 1. The molecular weight excluding hydrogens is 292 g/mol. The van der Waals surface area contributed by atoms with Crippen molar-refractivity contribution in [2.24, 2.45) is 5.84 Å². The number of alkyl halides is 3. The van der Waals surface area contributed by atoms with E-state index in [0.29, 0.717) is 0 Å². The van der Waals surface area contributed by atoms with Gasteiger partial charge in [0.25, 0.3) is 0 Å². The van der Waals surface area contributed by atoms with Gasteiger partial charge in [0.2, 0.25) is 0 Å². The van der Waals surface area contributed by atoms with E-state index in [1.54, 1.807) is 0 Å². The molecule has 0 unspecified atom stereocenters. The first-order valence-corrected chi connectivity index (χ1v) is 5.72. The minimum absolute atomic E-state index is 0.0739. The van der Waals surface area contributed by atoms with E-state index in [0.717, 1.165) is 0 Å². The molecule has 1 rings (SSSR count). The van der Waals surface area contributed by atoms with Crippen molar-refractivity contribution in [1.29, 1.82) is 0 Å². The summed E-state index contributed by atoms with van der Waals surface area (Å²) in [7, 11) is 0. The molecule has 0 spiro atoms. The number of hydrogen-bond acceptors (Lipinski definition) is 4. The van der Waals surface area contributed by atoms with Crippen molar-refractivity contribution in [3.8, 4) is 0 Å². The molecule has 1 heterocycles. The van der Waals surface area contributed by atoms with E-state index in [-0.39, 0.29) is 34.6 Å². The largest absolute Gasteiger partial charge is 0.389 e. The number of anilines is 2. The molecule has 1 aromatic rings. The predicted molar refractivity (Wildman–Crippen MR) is 65.8 cm³/mol. The minimum Gasteiger partial charge on any atom is -0.369 e. The molecule has 4 nitrogen and oxygen atoms in total. The predicted octanol–water partition coefficient (Wildman–Crippen LogP) is 3.43. The fourth-order valence-corrected chi connectivity index (χ4v) is 1.67. The van der Waals surface area contributed by atoms with Gasteiger partial charge in [-0.05, 0) is 12.5 Å². The molecule has 18 heavy (non-hydrogen) atoms. The van der Waals surface area contributed by atoms with Crippen molar-refractivity contribution in [1.82, 2.24) is 4.98 Å². The summed E-state index contributed by atoms with van der Waals surface area (Å²) in [5, 5.41) is 3.13. The first kappa shape index (κ1) is 15.1. The quantitative estimate of drug-likeness (QED) is 0.443. The van der Waals surface area contributed by atoms with Gasteiger partial charge in [-0.15, -0.1) is 0 Å². The Morgan fingerprint density at radius 2 is 1.83 bits per heavy atom. The summed E-state index contributed by atoms with van der Waals surface area (Å²) >= 11 is 11.6. The second kappa shape index (κ2) is 6.31. The van der Waals surface area contributed by atoms with Gasteiger partial charge in [-0.3, -0.25) is 0 Å². The zero-order valence-electron chi connectivity index (χ0n) is 9.11. The summed E-state index contributed by atoms with van der Waals surface area (Å²) in [4.78, 5) is 3.93. The van der Waals surface area contributed by atoms with E-state index in [2.05, 4.69) is 15.7 Å². The molecule has 0 bridgehead atoms. The molecule has 0 saturated heterocycles. The number of hydrogen-bond donors (Lipinski definition) is 3. The smallest absolute Gasteiger partial charge is 0.369 e. The maximum atomic E-state index is 11.9. The van der Waals surface area contributed by atoms with E-state index >= 15 is 0 Å². The Hall–Kier alpha value is -0.920. The van der Waals surface area contributed by atoms with Crippen LogP contribution in [0.5, 0.6) is 0 Å². The van der Waals surface area contributed by atoms with Crippen molar-refractivity contribution in [3.05, 3.63) is 16.1 Å². The maximum Gasteiger partial charge on any atom is 0.389 e. The van der Waals surface area contributed by atoms with Gasteiger partial charge in [-0.1, -0.05) is 23.2 Å². The summed E-state index contributed by atoms with van der Waals surface area (Å²) in [6.45, 7) is 0.0951. The molecule has 0 aromatic carbocycles. The molecule has 4 N–H and O–H groups in total. The fraction of sp³-hybridized carbons (Fsp3) is 0.444. The van der Waals surface area contributed by atoms with Crippen LogP contribution in [0.2, 0.25) is 10.0 Å². The molecule has 0 amide bonds. The lowest BCUT2D eigenvalue weighted by Gasteiger charge is -2.11. The van der Waals surface area contributed by atoms with Crippen LogP contribution in [0.1, 0.15) is 12.8 Å². The lowest BCUT2D eigenvalue weighted by molar-refractivity contribution is -0.134. The highest BCUT2D eigenvalue weighted by Gasteiger charge is 2.25. The second-order valence-electron chi connectivity index (χ2n) is 3.44. The van der Waals surface area contributed by atoms with Crippen LogP contribution in [-0.2, 0) is 0 Å². The summed E-state index contributed by atoms with van der Waals surface area (Å²) in [5.41, 5.74) is 2.26. The Bertz CT molecular complexity index is 412. The van der Waals surface area contributed by atoms with Gasteiger partial charge < -0.3 is 10.7 Å². The van der Waals surface area contributed by atoms with Crippen molar-refractivity contribution in [2.45, 2.75) is 19.0 Å². The molecule has 0 aliphatic heterocycles. The van der Waals surface area contributed by atoms with Crippen LogP contribution in [0.3, 0.4) is 0 Å². The molecule has 1 aromatic heterocycles. The Balaban J connectivity index is 2.57. The van der Waals surface area contributed by atoms with Crippen LogP contribution in [-0.4, -0.2) is 17.7 Å². The van der Waals surface area contributed by atoms with Crippen molar-refractivity contribution < 1.29 is 13.2 Å². The fourth-order valence-electron chi connectivity index (χ4n) is 1.19. The number of rotatable bonds is 5. The summed E-state index contributed by atoms with van der Waals surface area (Å²) in [5.74, 6) is 5.59. The van der Waals surface area contributed by atoms with E-state index in [9.17, 15) is 13.2 Å². The van der Waals surface area contributed by atoms with Gasteiger partial charge in [-0.2, -0.15) is 13.2 Å². The molecule has 102 valence electrons. The van der Waals surface area contributed by atoms with Gasteiger partial charge in [0.05, 0.1) is 10.0 Å². The van der Waals surface area contributed by atoms with Gasteiger partial charge in [0.15, 0.2) is 5.82 Å². The number of nitrogen functional groups attached to an aromatic ring is 1. The third kappa shape index (κ3) is 4.75. The Morgan fingerprint density at radius 1 is 1.22 bits per heavy atom. The van der Waals surface area contributed by atoms with Crippen LogP contribution in [0, 0.1) is 0 Å². The minimum atomic E-state index is -4.16. The second-order valence-corrected chi connectivity index (χ2v) is 4.25. The molecule has 0 atom stereocenters. The first-order chi connectivity index (χ1) is 8.33. The van der Waals surface area contributed by atoms with Gasteiger partial charge in [0, 0.05) is 13.0 Å². The number of aromatic nitrogens is 1. The molecule has 9 heteroatoms. The zero-order valence-corrected chi connectivity index (χ0v) is 10.6. The molecule has 0 aliphatic carbocycles. The SMILES string of the molecule is NNc1nc(NCCCC(F)(F)F)c(Cl)cc1Cl. The summed E-state index contributed by atoms with van der Waals surface area (Å²) in [6.07, 6.45) is -5.11. The first-order valence-electron chi connectivity index (χ1n) is 4.97. The van der Waals surface area contributed by atoms with Gasteiger partial charge in [-0.25, -0.2) is 10.8 Å². The highest BCUT2D eigenvalue weighted by molar-refractivity contribution is 6.37. The number of nitrogens with one attached hydrogen (secondary N) is 2. The summed E-state index contributed by atoms with van der Waals surface area (Å²) in [6, 6.07) is 1.40. The van der Waals surface area contributed by atoms with E-state index < -0.39 is 12.6 Å². The average molecular weight is 303 g/mol. The Kier molecular flexibility index (Phi) is 5.30. The number of pyridine rings is 1. The molecule has 0 radical (unpaired) electrons. The summed E-state index contributed by atoms with van der Waals surface area (Å²) < 4.78 is 35.8. The number of halogens is 5. The Morgan fingerprint density at radius 3 is 2.39 bits per heavy atom. The Labute approximate surface area is 112 Å². The van der Waals surface area contributed by atoms with E-state index in [1.165, 1.54) is 6.07 Å². The van der Waals surface area contributed by atoms with Crippen LogP contribution in [0.4, 0.5) is 24.8 Å². The maximum absolute atomic E-state index is 11.9. The number of nitrogens with zero attached hydrogens (tertiary/aromatic N) is 1. The highest BCUT2D eigenvalue weighted by atomic mass is 35.5. The van der Waals surface area contributed by atoms with Gasteiger partial charge in [0.1, 0.15) is 5.82 Å². The van der Waals surface area contributed by atoms with Crippen LogP contribution >= 0.6 is 23.2 Å². The van der Waals surface area contributed by atoms with Crippen LogP contribution in [0.15, 0.2) is 6.07 Å². The zero-order chi connectivity index (χ0) is 13.8. The van der Waals surface area contributed by atoms with Crippen molar-refractivity contribution >= 4 is 34.8 Å². The highest BCUT2D eigenvalue weighted by Crippen LogP contribution is 2.29. The third-order valence-corrected chi connectivity index (χ3v) is 2.57. The molecule has 0 fully saturated rings. The van der Waals surface area contributed by atoms with Crippen molar-refractivity contribution in [2.75, 3.05) is 17.3 Å². The topological polar surface area (TPSA) is 63.0 Å². The van der Waals surface area contributed by atoms with Crippen LogP contribution in [0.25, 0.3) is 0 Å². The lowest BCUT2D eigenvalue weighted by atomic mass is 10.3. The number of nitrogens with two attached hydrogens (primary N) is 1. The third-order valence-electron chi connectivity index (χ3n) is 2.00. The van der Waals surface area contributed by atoms with E-state index in [4.69, 9.17) is 29.0 Å². The monoisotopic (exact) mass is 302 g/mol. The van der Waals surface area contributed by atoms with E-state index in [1.807, 2.05) is 0 Å². The molecule has 0 aliphatic rings. The lowest BCUT2D eigenvalue weighted by Crippen LogP contribution is -2.13. The standard InChI is InChI=1S/C9H11Cl2F3N4/c10-5-4-6(11)8(18-15)17-7(5)16-3-1-2-9(12,13)14/h4H,1-3,15H2,(H2,16,17,18). The average Bonchev–Trinajstić information content (AvgIpc) is 2.25. The molecule has 0 saturated carbocycles. The van der Waals surface area contributed by atoms with Gasteiger partial charge >= 0.3 is 6.18 Å². The molecular formula is C9H11Cl2F3N4.